The molecule has 1 saturated heterocycles. The van der Waals surface area contributed by atoms with Crippen LogP contribution in [0.4, 0.5) is 4.79 Å². The highest BCUT2D eigenvalue weighted by molar-refractivity contribution is 6.04. The molecule has 3 aromatic rings. The highest BCUT2D eigenvalue weighted by Crippen LogP contribution is 2.33. The Morgan fingerprint density at radius 1 is 0.926 bits per heavy atom. The number of aryl methyl sites for hydroxylation is 1. The predicted octanol–water partition coefficient (Wildman–Crippen LogP) is 3.08. The van der Waals surface area contributed by atoms with Crippen molar-refractivity contribution >= 4 is 11.9 Å². The molecule has 1 atom stereocenters. The molecule has 136 valence electrons. The Hall–Kier alpha value is -3.48. The van der Waals surface area contributed by atoms with E-state index in [2.05, 4.69) is 10.2 Å². The average molecular weight is 362 g/mol. The molecule has 0 bridgehead atoms. The van der Waals surface area contributed by atoms with Gasteiger partial charge in [0.15, 0.2) is 0 Å². The van der Waals surface area contributed by atoms with Crippen LogP contribution in [-0.4, -0.2) is 31.9 Å². The van der Waals surface area contributed by atoms with Crippen LogP contribution in [0.3, 0.4) is 0 Å². The molecule has 7 nitrogen and oxygen atoms in total. The van der Waals surface area contributed by atoms with Gasteiger partial charge in [0.1, 0.15) is 12.6 Å². The smallest absolute Gasteiger partial charge is 0.328 e. The first-order chi connectivity index (χ1) is 13.1. The fourth-order valence-corrected chi connectivity index (χ4v) is 3.22. The molecule has 2 aromatic carbocycles. The largest absolute Gasteiger partial charge is 0.424 e. The van der Waals surface area contributed by atoms with Crippen molar-refractivity contribution in [2.75, 3.05) is 0 Å². The first kappa shape index (κ1) is 17.0. The van der Waals surface area contributed by atoms with Gasteiger partial charge in [-0.25, -0.2) is 4.79 Å². The standard InChI is InChI=1S/C20H18N4O3/c1-14-21-22-17(27-14)13-24-19(25)18(16-10-6-3-7-11-16)23(20(24)26)12-15-8-4-2-5-9-15/h2-11,18H,12-13H2,1H3. The van der Waals surface area contributed by atoms with E-state index in [-0.39, 0.29) is 24.4 Å². The van der Waals surface area contributed by atoms with E-state index in [0.29, 0.717) is 12.4 Å². The maximum atomic E-state index is 13.1. The third kappa shape index (κ3) is 3.31. The number of imide groups is 1. The highest BCUT2D eigenvalue weighted by Gasteiger charge is 2.46. The second-order valence-electron chi connectivity index (χ2n) is 6.35. The van der Waals surface area contributed by atoms with Crippen LogP contribution in [0, 0.1) is 6.92 Å². The second-order valence-corrected chi connectivity index (χ2v) is 6.35. The minimum atomic E-state index is -0.678. The van der Waals surface area contributed by atoms with Gasteiger partial charge in [-0.1, -0.05) is 60.7 Å². The number of aromatic nitrogens is 2. The first-order valence-corrected chi connectivity index (χ1v) is 8.63. The van der Waals surface area contributed by atoms with E-state index in [0.717, 1.165) is 11.1 Å². The van der Waals surface area contributed by atoms with Gasteiger partial charge in [-0.3, -0.25) is 9.69 Å². The summed E-state index contributed by atoms with van der Waals surface area (Å²) in [6, 6.07) is 17.9. The number of urea groups is 1. The summed E-state index contributed by atoms with van der Waals surface area (Å²) in [7, 11) is 0. The number of carbonyl (C=O) groups excluding carboxylic acids is 2. The third-order valence-corrected chi connectivity index (χ3v) is 4.46. The van der Waals surface area contributed by atoms with Gasteiger partial charge in [0, 0.05) is 13.5 Å². The molecule has 3 amide bonds. The van der Waals surface area contributed by atoms with Gasteiger partial charge in [0.25, 0.3) is 5.91 Å². The van der Waals surface area contributed by atoms with Crippen molar-refractivity contribution < 1.29 is 14.0 Å². The Morgan fingerprint density at radius 2 is 1.59 bits per heavy atom. The van der Waals surface area contributed by atoms with E-state index in [1.165, 1.54) is 4.90 Å². The van der Waals surface area contributed by atoms with Crippen LogP contribution in [-0.2, 0) is 17.9 Å². The average Bonchev–Trinajstić information content (AvgIpc) is 3.20. The van der Waals surface area contributed by atoms with Crippen molar-refractivity contribution in [3.8, 4) is 0 Å². The number of rotatable bonds is 5. The topological polar surface area (TPSA) is 79.5 Å². The minimum Gasteiger partial charge on any atom is -0.424 e. The first-order valence-electron chi connectivity index (χ1n) is 8.63. The summed E-state index contributed by atoms with van der Waals surface area (Å²) in [6.45, 7) is 1.97. The van der Waals surface area contributed by atoms with Crippen LogP contribution >= 0.6 is 0 Å². The highest BCUT2D eigenvalue weighted by atomic mass is 16.4. The Kier molecular flexibility index (Phi) is 4.42. The Labute approximate surface area is 156 Å². The molecule has 1 aliphatic rings. The monoisotopic (exact) mass is 362 g/mol. The van der Waals surface area contributed by atoms with Gasteiger partial charge >= 0.3 is 6.03 Å². The Balaban J connectivity index is 1.67. The molecule has 0 N–H and O–H groups in total. The molecule has 1 fully saturated rings. The van der Waals surface area contributed by atoms with E-state index >= 15 is 0 Å². The van der Waals surface area contributed by atoms with Crippen LogP contribution in [0.2, 0.25) is 0 Å². The summed E-state index contributed by atoms with van der Waals surface area (Å²) in [5.41, 5.74) is 1.73. The zero-order valence-electron chi connectivity index (χ0n) is 14.8. The number of benzene rings is 2. The van der Waals surface area contributed by atoms with Crippen LogP contribution in [0.1, 0.15) is 29.0 Å². The van der Waals surface area contributed by atoms with Crippen molar-refractivity contribution in [1.29, 1.82) is 0 Å². The lowest BCUT2D eigenvalue weighted by atomic mass is 10.1. The Bertz CT molecular complexity index is 956. The van der Waals surface area contributed by atoms with E-state index in [4.69, 9.17) is 4.42 Å². The van der Waals surface area contributed by atoms with E-state index in [1.807, 2.05) is 60.7 Å². The summed E-state index contributed by atoms with van der Waals surface area (Å²) >= 11 is 0. The number of hydrogen-bond donors (Lipinski definition) is 0. The van der Waals surface area contributed by atoms with E-state index in [9.17, 15) is 9.59 Å². The quantitative estimate of drug-likeness (QED) is 0.652. The molecule has 0 aliphatic carbocycles. The summed E-state index contributed by atoms with van der Waals surface area (Å²) < 4.78 is 5.35. The molecule has 1 unspecified atom stereocenters. The lowest BCUT2D eigenvalue weighted by Gasteiger charge is -2.22. The number of amides is 3. The molecule has 2 heterocycles. The second kappa shape index (κ2) is 7.03. The SMILES string of the molecule is Cc1nnc(CN2C(=O)C(c3ccccc3)N(Cc3ccccc3)C2=O)o1. The lowest BCUT2D eigenvalue weighted by Crippen LogP contribution is -2.32. The van der Waals surface area contributed by atoms with Gasteiger partial charge in [0.05, 0.1) is 0 Å². The third-order valence-electron chi connectivity index (χ3n) is 4.46. The van der Waals surface area contributed by atoms with Crippen molar-refractivity contribution in [3.63, 3.8) is 0 Å². The van der Waals surface area contributed by atoms with Crippen LogP contribution < -0.4 is 0 Å². The molecular weight excluding hydrogens is 344 g/mol. The molecule has 27 heavy (non-hydrogen) atoms. The minimum absolute atomic E-state index is 0.0346. The van der Waals surface area contributed by atoms with Crippen LogP contribution in [0.5, 0.6) is 0 Å². The molecule has 1 aliphatic heterocycles. The van der Waals surface area contributed by atoms with Crippen molar-refractivity contribution in [2.45, 2.75) is 26.1 Å². The normalized spacial score (nSPS) is 17.0. The molecule has 7 heteroatoms. The molecule has 0 saturated carbocycles. The lowest BCUT2D eigenvalue weighted by molar-refractivity contribution is -0.129. The van der Waals surface area contributed by atoms with E-state index in [1.54, 1.807) is 11.8 Å². The molecule has 0 radical (unpaired) electrons. The van der Waals surface area contributed by atoms with Gasteiger partial charge < -0.3 is 9.32 Å². The number of carbonyl (C=O) groups is 2. The zero-order valence-corrected chi connectivity index (χ0v) is 14.8. The molecular formula is C20H18N4O3. The zero-order chi connectivity index (χ0) is 18.8. The summed E-state index contributed by atoms with van der Waals surface area (Å²) in [5.74, 6) is 0.338. The molecule has 1 aromatic heterocycles. The van der Waals surface area contributed by atoms with Crippen molar-refractivity contribution in [1.82, 2.24) is 20.0 Å². The van der Waals surface area contributed by atoms with Gasteiger partial charge in [-0.2, -0.15) is 0 Å². The fourth-order valence-electron chi connectivity index (χ4n) is 3.22. The number of nitrogens with zero attached hydrogens (tertiary/aromatic N) is 4. The maximum Gasteiger partial charge on any atom is 0.328 e. The summed E-state index contributed by atoms with van der Waals surface area (Å²) in [5, 5.41) is 7.67. The molecule has 0 spiro atoms. The summed E-state index contributed by atoms with van der Waals surface area (Å²) in [6.07, 6.45) is 0. The predicted molar refractivity (Wildman–Crippen MR) is 96.1 cm³/mol. The van der Waals surface area contributed by atoms with Gasteiger partial charge in [-0.05, 0) is 11.1 Å². The van der Waals surface area contributed by atoms with Crippen molar-refractivity contribution in [2.24, 2.45) is 0 Å². The van der Waals surface area contributed by atoms with E-state index < -0.39 is 6.04 Å². The van der Waals surface area contributed by atoms with Crippen molar-refractivity contribution in [3.05, 3.63) is 83.6 Å². The van der Waals surface area contributed by atoms with Gasteiger partial charge in [0.2, 0.25) is 11.8 Å². The fraction of sp³-hybridized carbons (Fsp3) is 0.200. The number of hydrogen-bond acceptors (Lipinski definition) is 5. The molecule has 4 rings (SSSR count). The summed E-state index contributed by atoms with van der Waals surface area (Å²) in [4.78, 5) is 28.9. The van der Waals surface area contributed by atoms with Crippen LogP contribution in [0.15, 0.2) is 65.1 Å². The van der Waals surface area contributed by atoms with Crippen LogP contribution in [0.25, 0.3) is 0 Å². The maximum absolute atomic E-state index is 13.1. The van der Waals surface area contributed by atoms with Gasteiger partial charge in [-0.15, -0.1) is 10.2 Å². The Morgan fingerprint density at radius 3 is 2.22 bits per heavy atom.